The molecule has 26 heavy (non-hydrogen) atoms. The molecule has 0 saturated carbocycles. The summed E-state index contributed by atoms with van der Waals surface area (Å²) in [6.45, 7) is 8.70. The number of carbonyl (C=O) groups excluding carboxylic acids is 1. The Morgan fingerprint density at radius 1 is 1.15 bits per heavy atom. The highest BCUT2D eigenvalue weighted by Crippen LogP contribution is 2.31. The zero-order valence-corrected chi connectivity index (χ0v) is 16.3. The first-order valence-corrected chi connectivity index (χ1v) is 9.29. The Balaban J connectivity index is 0.000000298. The minimum absolute atomic E-state index is 0.277. The normalized spacial score (nSPS) is 15.3. The minimum Gasteiger partial charge on any atom is -0.497 e. The van der Waals surface area contributed by atoms with E-state index in [4.69, 9.17) is 4.74 Å². The lowest BCUT2D eigenvalue weighted by molar-refractivity contribution is -0.117. The van der Waals surface area contributed by atoms with Crippen LogP contribution in [-0.4, -0.2) is 38.1 Å². The van der Waals surface area contributed by atoms with E-state index in [1.54, 1.807) is 12.0 Å². The van der Waals surface area contributed by atoms with Gasteiger partial charge in [-0.25, -0.2) is 0 Å². The van der Waals surface area contributed by atoms with Crippen molar-refractivity contribution < 1.29 is 9.53 Å². The van der Waals surface area contributed by atoms with Gasteiger partial charge >= 0.3 is 0 Å². The number of nitrogens with zero attached hydrogens (tertiary/aromatic N) is 1. The van der Waals surface area contributed by atoms with Crippen molar-refractivity contribution in [2.75, 3.05) is 26.7 Å². The van der Waals surface area contributed by atoms with E-state index in [0.717, 1.165) is 38.2 Å². The molecule has 1 N–H and O–H groups in total. The highest BCUT2D eigenvalue weighted by Gasteiger charge is 2.21. The topological polar surface area (TPSA) is 41.6 Å². The molecule has 1 aliphatic heterocycles. The maximum absolute atomic E-state index is 9.89. The van der Waals surface area contributed by atoms with Gasteiger partial charge in [-0.05, 0) is 56.0 Å². The summed E-state index contributed by atoms with van der Waals surface area (Å²) in [6.07, 6.45) is 1.95. The number of ether oxygens (including phenoxy) is 1. The van der Waals surface area contributed by atoms with Crippen LogP contribution in [0.15, 0.2) is 42.5 Å². The maximum atomic E-state index is 9.89. The van der Waals surface area contributed by atoms with Gasteiger partial charge in [-0.1, -0.05) is 35.9 Å². The van der Waals surface area contributed by atoms with Crippen LogP contribution in [0.1, 0.15) is 42.1 Å². The molecule has 2 aromatic rings. The number of hydrogen-bond donors (Lipinski definition) is 1. The Labute approximate surface area is 157 Å². The number of rotatable bonds is 5. The van der Waals surface area contributed by atoms with Crippen molar-refractivity contribution >= 4 is 6.41 Å². The molecule has 1 atom stereocenters. The lowest BCUT2D eigenvalue weighted by atomic mass is 9.89. The summed E-state index contributed by atoms with van der Waals surface area (Å²) in [6, 6.07) is 15.4. The Morgan fingerprint density at radius 3 is 2.38 bits per heavy atom. The Kier molecular flexibility index (Phi) is 7.67. The molecule has 0 aliphatic carbocycles. The van der Waals surface area contributed by atoms with Crippen LogP contribution in [0.2, 0.25) is 0 Å². The molecule has 0 spiro atoms. The second-order valence-corrected chi connectivity index (χ2v) is 6.44. The van der Waals surface area contributed by atoms with Gasteiger partial charge in [-0.2, -0.15) is 0 Å². The van der Waals surface area contributed by atoms with Gasteiger partial charge in [0, 0.05) is 19.6 Å². The molecule has 0 saturated heterocycles. The fourth-order valence-corrected chi connectivity index (χ4v) is 3.09. The zero-order chi connectivity index (χ0) is 18.9. The van der Waals surface area contributed by atoms with E-state index >= 15 is 0 Å². The average molecular weight is 354 g/mol. The predicted octanol–water partition coefficient (Wildman–Crippen LogP) is 3.72. The molecule has 0 bridgehead atoms. The SMILES string of the molecule is CCN(C=O)CC.COc1ccc2c(c1)C(c1ccc(C)cc1)NCC2. The first-order chi connectivity index (χ1) is 12.6. The van der Waals surface area contributed by atoms with Crippen molar-refractivity contribution in [2.45, 2.75) is 33.2 Å². The van der Waals surface area contributed by atoms with Gasteiger partial charge in [0.05, 0.1) is 13.2 Å². The summed E-state index contributed by atoms with van der Waals surface area (Å²) in [7, 11) is 1.72. The summed E-state index contributed by atoms with van der Waals surface area (Å²) in [5, 5.41) is 3.61. The average Bonchev–Trinajstić information content (AvgIpc) is 2.69. The quantitative estimate of drug-likeness (QED) is 0.832. The van der Waals surface area contributed by atoms with E-state index in [-0.39, 0.29) is 6.04 Å². The molecule has 2 aromatic carbocycles. The largest absolute Gasteiger partial charge is 0.497 e. The molecule has 1 aliphatic rings. The molecule has 4 nitrogen and oxygen atoms in total. The second-order valence-electron chi connectivity index (χ2n) is 6.44. The third-order valence-corrected chi connectivity index (χ3v) is 4.78. The molecule has 1 heterocycles. The smallest absolute Gasteiger partial charge is 0.209 e. The van der Waals surface area contributed by atoms with Crippen LogP contribution in [0.25, 0.3) is 0 Å². The zero-order valence-electron chi connectivity index (χ0n) is 16.3. The third-order valence-electron chi connectivity index (χ3n) is 4.78. The standard InChI is InChI=1S/C17H19NO.C5H11NO/c1-12-3-5-14(6-4-12)17-16-11-15(19-2)8-7-13(16)9-10-18-17;1-3-6(4-2)5-7/h3-8,11,17-18H,9-10H2,1-2H3;5H,3-4H2,1-2H3. The molecule has 1 amide bonds. The van der Waals surface area contributed by atoms with Crippen molar-refractivity contribution in [3.05, 3.63) is 64.7 Å². The van der Waals surface area contributed by atoms with Crippen LogP contribution in [0, 0.1) is 6.92 Å². The Hall–Kier alpha value is -2.33. The summed E-state index contributed by atoms with van der Waals surface area (Å²) in [5.41, 5.74) is 5.38. The number of benzene rings is 2. The maximum Gasteiger partial charge on any atom is 0.209 e. The summed E-state index contributed by atoms with van der Waals surface area (Å²) < 4.78 is 5.36. The van der Waals surface area contributed by atoms with E-state index in [0.29, 0.717) is 0 Å². The van der Waals surface area contributed by atoms with Crippen molar-refractivity contribution in [3.63, 3.8) is 0 Å². The van der Waals surface area contributed by atoms with E-state index in [1.165, 1.54) is 22.3 Å². The number of fused-ring (bicyclic) bond motifs is 1. The van der Waals surface area contributed by atoms with Crippen LogP contribution >= 0.6 is 0 Å². The van der Waals surface area contributed by atoms with Gasteiger partial charge in [0.2, 0.25) is 6.41 Å². The van der Waals surface area contributed by atoms with Gasteiger partial charge in [0.15, 0.2) is 0 Å². The molecule has 0 radical (unpaired) electrons. The Bertz CT molecular complexity index is 694. The lowest BCUT2D eigenvalue weighted by Gasteiger charge is -2.28. The van der Waals surface area contributed by atoms with E-state index < -0.39 is 0 Å². The molecule has 0 aromatic heterocycles. The molecule has 140 valence electrons. The van der Waals surface area contributed by atoms with Crippen molar-refractivity contribution in [1.82, 2.24) is 10.2 Å². The third kappa shape index (κ3) is 5.09. The van der Waals surface area contributed by atoms with Crippen LogP contribution in [0.4, 0.5) is 0 Å². The van der Waals surface area contributed by atoms with Crippen LogP contribution in [-0.2, 0) is 11.2 Å². The first kappa shape index (κ1) is 20.0. The van der Waals surface area contributed by atoms with Gasteiger partial charge in [-0.3, -0.25) is 4.79 Å². The van der Waals surface area contributed by atoms with Crippen LogP contribution in [0.3, 0.4) is 0 Å². The molecule has 3 rings (SSSR count). The van der Waals surface area contributed by atoms with Gasteiger partial charge in [0.1, 0.15) is 5.75 Å². The molecular formula is C22H30N2O2. The van der Waals surface area contributed by atoms with Crippen molar-refractivity contribution in [2.24, 2.45) is 0 Å². The summed E-state index contributed by atoms with van der Waals surface area (Å²) in [5.74, 6) is 0.930. The fourth-order valence-electron chi connectivity index (χ4n) is 3.09. The number of nitrogens with one attached hydrogen (secondary N) is 1. The Morgan fingerprint density at radius 2 is 1.85 bits per heavy atom. The van der Waals surface area contributed by atoms with Gasteiger partial charge < -0.3 is 15.0 Å². The van der Waals surface area contributed by atoms with Gasteiger partial charge in [-0.15, -0.1) is 0 Å². The highest BCUT2D eigenvalue weighted by molar-refractivity contribution is 5.46. The number of carbonyl (C=O) groups is 1. The predicted molar refractivity (Wildman–Crippen MR) is 107 cm³/mol. The summed E-state index contributed by atoms with van der Waals surface area (Å²) >= 11 is 0. The summed E-state index contributed by atoms with van der Waals surface area (Å²) in [4.78, 5) is 11.6. The molecule has 4 heteroatoms. The number of methoxy groups -OCH3 is 1. The first-order valence-electron chi connectivity index (χ1n) is 9.29. The monoisotopic (exact) mass is 354 g/mol. The van der Waals surface area contributed by atoms with E-state index in [9.17, 15) is 4.79 Å². The molecule has 0 fully saturated rings. The van der Waals surface area contributed by atoms with Gasteiger partial charge in [0.25, 0.3) is 0 Å². The van der Waals surface area contributed by atoms with E-state index in [1.807, 2.05) is 13.8 Å². The lowest BCUT2D eigenvalue weighted by Crippen LogP contribution is -2.30. The van der Waals surface area contributed by atoms with Crippen molar-refractivity contribution in [1.29, 1.82) is 0 Å². The number of aryl methyl sites for hydroxylation is 1. The van der Waals surface area contributed by atoms with Crippen LogP contribution < -0.4 is 10.1 Å². The second kappa shape index (κ2) is 9.97. The molecular weight excluding hydrogens is 324 g/mol. The fraction of sp³-hybridized carbons (Fsp3) is 0.409. The minimum atomic E-state index is 0.277. The van der Waals surface area contributed by atoms with Crippen molar-refractivity contribution in [3.8, 4) is 5.75 Å². The van der Waals surface area contributed by atoms with E-state index in [2.05, 4.69) is 54.7 Å². The number of amides is 1. The van der Waals surface area contributed by atoms with Crippen LogP contribution in [0.5, 0.6) is 5.75 Å². The number of hydrogen-bond acceptors (Lipinski definition) is 3. The highest BCUT2D eigenvalue weighted by atomic mass is 16.5. The molecule has 1 unspecified atom stereocenters.